The Morgan fingerprint density at radius 2 is 1.85 bits per heavy atom. The van der Waals surface area contributed by atoms with Crippen LogP contribution in [0.2, 0.25) is 0 Å². The van der Waals surface area contributed by atoms with Crippen LogP contribution in [-0.4, -0.2) is 56.6 Å². The number of benzene rings is 1. The first-order valence-corrected chi connectivity index (χ1v) is 12.2. The smallest absolute Gasteiger partial charge is 0.323 e. The van der Waals surface area contributed by atoms with Crippen LogP contribution in [0.3, 0.4) is 0 Å². The standard InChI is InChI=1S/C24H25F3N4O2S/c1-16(32)20-5-10-31(28-20)22(33)29-11-7-23(8-12-29)6-2-9-30(23)15-19-13-17-3-4-18(24(25,26)27)14-21(17)34-19/h3-5,10,13-14H,2,6-9,11-12,15H2,1H3. The van der Waals surface area contributed by atoms with E-state index in [1.165, 1.54) is 35.2 Å². The van der Waals surface area contributed by atoms with E-state index in [0.717, 1.165) is 48.6 Å². The third kappa shape index (κ3) is 4.24. The molecule has 4 heterocycles. The molecule has 3 aromatic rings. The summed E-state index contributed by atoms with van der Waals surface area (Å²) in [5.41, 5.74) is -0.344. The molecule has 180 valence electrons. The van der Waals surface area contributed by atoms with Crippen LogP contribution in [-0.2, 0) is 12.7 Å². The zero-order valence-corrected chi connectivity index (χ0v) is 19.6. The number of carbonyl (C=O) groups is 2. The van der Waals surface area contributed by atoms with E-state index in [0.29, 0.717) is 24.3 Å². The fraction of sp³-hybridized carbons (Fsp3) is 0.458. The van der Waals surface area contributed by atoms with Crippen molar-refractivity contribution in [3.05, 3.63) is 52.7 Å². The van der Waals surface area contributed by atoms with E-state index in [-0.39, 0.29) is 23.0 Å². The number of amides is 1. The third-order valence-corrected chi connectivity index (χ3v) is 8.18. The van der Waals surface area contributed by atoms with Gasteiger partial charge in [-0.3, -0.25) is 9.69 Å². The molecule has 0 unspecified atom stereocenters. The highest BCUT2D eigenvalue weighted by Gasteiger charge is 2.44. The maximum atomic E-state index is 13.1. The number of thiophene rings is 1. The molecule has 10 heteroatoms. The molecule has 2 aromatic heterocycles. The molecular formula is C24H25F3N4O2S. The molecule has 34 heavy (non-hydrogen) atoms. The molecule has 1 spiro atoms. The number of aromatic nitrogens is 2. The summed E-state index contributed by atoms with van der Waals surface area (Å²) in [7, 11) is 0. The second-order valence-corrected chi connectivity index (χ2v) is 10.4. The first-order valence-electron chi connectivity index (χ1n) is 11.4. The number of halogens is 3. The van der Waals surface area contributed by atoms with Gasteiger partial charge in [0, 0.05) is 47.9 Å². The Labute approximate surface area is 198 Å². The fourth-order valence-electron chi connectivity index (χ4n) is 5.21. The third-order valence-electron chi connectivity index (χ3n) is 7.10. The van der Waals surface area contributed by atoms with Crippen LogP contribution in [0.15, 0.2) is 36.5 Å². The van der Waals surface area contributed by atoms with E-state index in [2.05, 4.69) is 10.00 Å². The number of hydrogen-bond acceptors (Lipinski definition) is 5. The molecule has 0 atom stereocenters. The number of carbonyl (C=O) groups excluding carboxylic acids is 2. The van der Waals surface area contributed by atoms with Crippen molar-refractivity contribution in [2.24, 2.45) is 0 Å². The summed E-state index contributed by atoms with van der Waals surface area (Å²) in [6, 6.07) is 7.25. The Morgan fingerprint density at radius 1 is 1.09 bits per heavy atom. The molecule has 6 nitrogen and oxygen atoms in total. The summed E-state index contributed by atoms with van der Waals surface area (Å²) in [5.74, 6) is -0.179. The van der Waals surface area contributed by atoms with Gasteiger partial charge in [-0.1, -0.05) is 6.07 Å². The molecule has 1 aromatic carbocycles. The monoisotopic (exact) mass is 490 g/mol. The molecule has 2 aliphatic rings. The molecule has 2 fully saturated rings. The van der Waals surface area contributed by atoms with Gasteiger partial charge < -0.3 is 4.90 Å². The van der Waals surface area contributed by atoms with Gasteiger partial charge in [-0.05, 0) is 61.9 Å². The molecule has 0 radical (unpaired) electrons. The predicted molar refractivity (Wildman–Crippen MR) is 123 cm³/mol. The van der Waals surface area contributed by atoms with Crippen LogP contribution in [0.5, 0.6) is 0 Å². The molecule has 0 N–H and O–H groups in total. The van der Waals surface area contributed by atoms with Crippen LogP contribution < -0.4 is 0 Å². The summed E-state index contributed by atoms with van der Waals surface area (Å²) < 4.78 is 41.1. The Hall–Kier alpha value is -2.72. The number of piperidine rings is 1. The fourth-order valence-corrected chi connectivity index (χ4v) is 6.33. The highest BCUT2D eigenvalue weighted by molar-refractivity contribution is 7.19. The Bertz CT molecular complexity index is 1240. The highest BCUT2D eigenvalue weighted by Crippen LogP contribution is 2.41. The predicted octanol–water partition coefficient (Wildman–Crippen LogP) is 5.42. The van der Waals surface area contributed by atoms with Crippen molar-refractivity contribution in [3.8, 4) is 0 Å². The average molecular weight is 491 g/mol. The van der Waals surface area contributed by atoms with Crippen LogP contribution >= 0.6 is 11.3 Å². The zero-order chi connectivity index (χ0) is 24.1. The van der Waals surface area contributed by atoms with Gasteiger partial charge in [0.15, 0.2) is 5.78 Å². The minimum absolute atomic E-state index is 0.00124. The maximum absolute atomic E-state index is 13.1. The van der Waals surface area contributed by atoms with Crippen molar-refractivity contribution in [1.29, 1.82) is 0 Å². The molecule has 2 saturated heterocycles. The molecule has 5 rings (SSSR count). The normalized spacial score (nSPS) is 18.8. The van der Waals surface area contributed by atoms with Crippen LogP contribution in [0, 0.1) is 0 Å². The largest absolute Gasteiger partial charge is 0.416 e. The topological polar surface area (TPSA) is 58.4 Å². The van der Waals surface area contributed by atoms with Crippen molar-refractivity contribution in [3.63, 3.8) is 0 Å². The lowest BCUT2D eigenvalue weighted by Crippen LogP contribution is -2.53. The van der Waals surface area contributed by atoms with E-state index in [4.69, 9.17) is 0 Å². The number of ketones is 1. The molecule has 1 amide bonds. The minimum atomic E-state index is -4.34. The molecule has 0 bridgehead atoms. The van der Waals surface area contributed by atoms with Crippen molar-refractivity contribution >= 4 is 33.2 Å². The van der Waals surface area contributed by atoms with Gasteiger partial charge in [-0.25, -0.2) is 4.79 Å². The van der Waals surface area contributed by atoms with Gasteiger partial charge >= 0.3 is 12.2 Å². The number of rotatable bonds is 3. The van der Waals surface area contributed by atoms with Crippen molar-refractivity contribution < 1.29 is 22.8 Å². The first kappa shape index (κ1) is 23.0. The lowest BCUT2D eigenvalue weighted by atomic mass is 9.85. The first-order chi connectivity index (χ1) is 16.1. The number of nitrogens with zero attached hydrogens (tertiary/aromatic N) is 4. The Kier molecular flexibility index (Phi) is 5.76. The number of Topliss-reactive ketones (excluding diaryl/α,β-unsaturated/α-hetero) is 1. The second kappa shape index (κ2) is 8.49. The highest BCUT2D eigenvalue weighted by atomic mass is 32.1. The van der Waals surface area contributed by atoms with Gasteiger partial charge in [0.1, 0.15) is 5.69 Å². The van der Waals surface area contributed by atoms with Crippen molar-refractivity contribution in [2.45, 2.75) is 50.9 Å². The van der Waals surface area contributed by atoms with Crippen molar-refractivity contribution in [1.82, 2.24) is 19.6 Å². The van der Waals surface area contributed by atoms with Gasteiger partial charge in [0.25, 0.3) is 0 Å². The van der Waals surface area contributed by atoms with Crippen LogP contribution in [0.4, 0.5) is 18.0 Å². The average Bonchev–Trinajstić information content (AvgIpc) is 3.52. The maximum Gasteiger partial charge on any atom is 0.416 e. The summed E-state index contributed by atoms with van der Waals surface area (Å²) >= 11 is 1.42. The molecule has 2 aliphatic heterocycles. The van der Waals surface area contributed by atoms with E-state index in [1.807, 2.05) is 6.07 Å². The Morgan fingerprint density at radius 3 is 2.53 bits per heavy atom. The van der Waals surface area contributed by atoms with E-state index in [9.17, 15) is 22.8 Å². The van der Waals surface area contributed by atoms with E-state index >= 15 is 0 Å². The van der Waals surface area contributed by atoms with Gasteiger partial charge in [0.05, 0.1) is 5.56 Å². The van der Waals surface area contributed by atoms with E-state index in [1.54, 1.807) is 17.0 Å². The summed E-state index contributed by atoms with van der Waals surface area (Å²) in [6.45, 7) is 4.27. The second-order valence-electron chi connectivity index (χ2n) is 9.18. The van der Waals surface area contributed by atoms with Crippen LogP contribution in [0.25, 0.3) is 10.1 Å². The molecule has 0 aliphatic carbocycles. The number of alkyl halides is 3. The van der Waals surface area contributed by atoms with E-state index < -0.39 is 11.7 Å². The van der Waals surface area contributed by atoms with Crippen LogP contribution in [0.1, 0.15) is 53.5 Å². The number of fused-ring (bicyclic) bond motifs is 1. The summed E-state index contributed by atoms with van der Waals surface area (Å²) in [5, 5.41) is 4.92. The zero-order valence-electron chi connectivity index (χ0n) is 18.8. The lowest BCUT2D eigenvalue weighted by molar-refractivity contribution is -0.137. The SMILES string of the molecule is CC(=O)c1ccn(C(=O)N2CCC3(CCCN3Cc3cc4ccc(C(F)(F)F)cc4s3)CC2)n1. The molecule has 0 saturated carbocycles. The van der Waals surface area contributed by atoms with Gasteiger partial charge in [-0.15, -0.1) is 11.3 Å². The lowest BCUT2D eigenvalue weighted by Gasteiger charge is -2.44. The van der Waals surface area contributed by atoms with Gasteiger partial charge in [0.2, 0.25) is 0 Å². The summed E-state index contributed by atoms with van der Waals surface area (Å²) in [4.78, 5) is 29.6. The molecular weight excluding hydrogens is 465 g/mol. The van der Waals surface area contributed by atoms with Gasteiger partial charge in [-0.2, -0.15) is 23.0 Å². The number of likely N-dealkylation sites (tertiary alicyclic amines) is 2. The summed E-state index contributed by atoms with van der Waals surface area (Å²) in [6.07, 6.45) is 0.974. The minimum Gasteiger partial charge on any atom is -0.323 e. The Balaban J connectivity index is 1.27. The quantitative estimate of drug-likeness (QED) is 0.460. The number of hydrogen-bond donors (Lipinski definition) is 0. The van der Waals surface area contributed by atoms with Crippen molar-refractivity contribution in [2.75, 3.05) is 19.6 Å².